The van der Waals surface area contributed by atoms with E-state index >= 15 is 0 Å². The Morgan fingerprint density at radius 2 is 1.51 bits per heavy atom. The second kappa shape index (κ2) is 10.9. The number of aromatic nitrogens is 4. The van der Waals surface area contributed by atoms with Crippen LogP contribution in [0.25, 0.3) is 22.9 Å². The summed E-state index contributed by atoms with van der Waals surface area (Å²) in [7, 11) is 0. The number of alkyl halides is 4. The number of hydrogen-bond donors (Lipinski definition) is 1. The van der Waals surface area contributed by atoms with Gasteiger partial charge in [0.15, 0.2) is 5.82 Å². The highest BCUT2D eigenvalue weighted by atomic mass is 19.3. The van der Waals surface area contributed by atoms with Crippen molar-refractivity contribution in [3.05, 3.63) is 71.4 Å². The highest BCUT2D eigenvalue weighted by Gasteiger charge is 2.18. The molecule has 0 aliphatic rings. The van der Waals surface area contributed by atoms with Crippen LogP contribution in [0.15, 0.2) is 57.5 Å². The van der Waals surface area contributed by atoms with Gasteiger partial charge in [0.25, 0.3) is 11.8 Å². The van der Waals surface area contributed by atoms with Crippen LogP contribution in [0.2, 0.25) is 0 Å². The normalized spacial score (nSPS) is 11.4. The lowest BCUT2D eigenvalue weighted by Gasteiger charge is -2.10. The fourth-order valence-electron chi connectivity index (χ4n) is 3.11. The molecule has 0 atom stereocenters. The molecule has 4 aromatic rings. The number of nitrogens with zero attached hydrogens (tertiary/aromatic N) is 4. The summed E-state index contributed by atoms with van der Waals surface area (Å²) in [5.74, 6) is -1.97. The van der Waals surface area contributed by atoms with Gasteiger partial charge in [0.05, 0.1) is 5.92 Å². The topological polar surface area (TPSA) is 107 Å². The lowest BCUT2D eigenvalue weighted by molar-refractivity contribution is -0.126. The zero-order valence-electron chi connectivity index (χ0n) is 18.1. The number of amides is 1. The number of benzene rings is 2. The molecule has 8 nitrogen and oxygen atoms in total. The van der Waals surface area contributed by atoms with Crippen LogP contribution in [0, 0.1) is 5.92 Å². The van der Waals surface area contributed by atoms with E-state index in [4.69, 9.17) is 8.94 Å². The number of carbonyl (C=O) groups is 1. The average molecular weight is 489 g/mol. The Kier molecular flexibility index (Phi) is 7.48. The minimum absolute atomic E-state index is 0.00125. The number of halogens is 4. The maximum Gasteiger partial charge on any atom is 0.314 e. The SMILES string of the molecule is O=C(NCc1ccc(-c2nc(Cc3ccc(-c4nnc(C(F)F)o4)cc3)no2)cc1)C(CF)CF. The molecule has 0 aliphatic carbocycles. The highest BCUT2D eigenvalue weighted by Crippen LogP contribution is 2.24. The van der Waals surface area contributed by atoms with Crippen LogP contribution in [0.3, 0.4) is 0 Å². The largest absolute Gasteiger partial charge is 0.415 e. The lowest BCUT2D eigenvalue weighted by atomic mass is 10.1. The summed E-state index contributed by atoms with van der Waals surface area (Å²) in [6.07, 6.45) is -2.47. The minimum Gasteiger partial charge on any atom is -0.415 e. The highest BCUT2D eigenvalue weighted by molar-refractivity contribution is 5.78. The maximum atomic E-state index is 12.6. The van der Waals surface area contributed by atoms with E-state index in [1.165, 1.54) is 0 Å². The summed E-state index contributed by atoms with van der Waals surface area (Å²) >= 11 is 0. The fraction of sp³-hybridized carbons (Fsp3) is 0.261. The Balaban J connectivity index is 1.35. The molecule has 4 rings (SSSR count). The van der Waals surface area contributed by atoms with E-state index in [-0.39, 0.29) is 12.4 Å². The van der Waals surface area contributed by atoms with Gasteiger partial charge >= 0.3 is 6.43 Å². The average Bonchev–Trinajstić information content (AvgIpc) is 3.55. The van der Waals surface area contributed by atoms with Crippen molar-refractivity contribution in [2.24, 2.45) is 5.92 Å². The molecule has 0 aliphatic heterocycles. The van der Waals surface area contributed by atoms with Gasteiger partial charge in [-0.15, -0.1) is 10.2 Å². The van der Waals surface area contributed by atoms with Crippen LogP contribution < -0.4 is 5.32 Å². The predicted molar refractivity (Wildman–Crippen MR) is 115 cm³/mol. The van der Waals surface area contributed by atoms with Crippen LogP contribution in [0.5, 0.6) is 0 Å². The second-order valence-corrected chi connectivity index (χ2v) is 7.56. The van der Waals surface area contributed by atoms with Crippen molar-refractivity contribution in [3.63, 3.8) is 0 Å². The summed E-state index contributed by atoms with van der Waals surface area (Å²) < 4.78 is 60.6. The summed E-state index contributed by atoms with van der Waals surface area (Å²) in [6, 6.07) is 13.8. The Morgan fingerprint density at radius 3 is 2.11 bits per heavy atom. The first-order chi connectivity index (χ1) is 17.0. The molecule has 0 unspecified atom stereocenters. The molecule has 182 valence electrons. The molecule has 0 bridgehead atoms. The molecule has 12 heteroatoms. The van der Waals surface area contributed by atoms with Crippen molar-refractivity contribution in [1.29, 1.82) is 0 Å². The molecule has 35 heavy (non-hydrogen) atoms. The van der Waals surface area contributed by atoms with Gasteiger partial charge < -0.3 is 14.3 Å². The van der Waals surface area contributed by atoms with Crippen LogP contribution in [-0.2, 0) is 17.8 Å². The smallest absolute Gasteiger partial charge is 0.314 e. The number of nitrogens with one attached hydrogen (secondary N) is 1. The third-order valence-electron chi connectivity index (χ3n) is 5.07. The maximum absolute atomic E-state index is 12.6. The summed E-state index contributed by atoms with van der Waals surface area (Å²) in [4.78, 5) is 16.0. The zero-order valence-corrected chi connectivity index (χ0v) is 18.1. The standard InChI is InChI=1S/C23H19F4N5O3/c24-10-17(11-25)20(33)28-12-14-3-7-15(8-4-14)21-29-18(32-35-21)9-13-1-5-16(6-2-13)22-30-31-23(34-22)19(26)27/h1-8,17,19H,9-12H2,(H,28,33). The van der Waals surface area contributed by atoms with Crippen molar-refractivity contribution in [2.45, 2.75) is 19.4 Å². The van der Waals surface area contributed by atoms with E-state index in [0.717, 1.165) is 11.1 Å². The van der Waals surface area contributed by atoms with Crippen molar-refractivity contribution >= 4 is 5.91 Å². The Bertz CT molecular complexity index is 1250. The molecule has 1 amide bonds. The van der Waals surface area contributed by atoms with E-state index in [2.05, 4.69) is 25.7 Å². The monoisotopic (exact) mass is 489 g/mol. The molecule has 2 heterocycles. The van der Waals surface area contributed by atoms with Gasteiger partial charge in [-0.05, 0) is 35.4 Å². The fourth-order valence-corrected chi connectivity index (χ4v) is 3.11. The van der Waals surface area contributed by atoms with E-state index in [0.29, 0.717) is 29.3 Å². The number of rotatable bonds is 10. The third kappa shape index (κ3) is 5.89. The van der Waals surface area contributed by atoms with E-state index in [1.807, 2.05) is 0 Å². The zero-order chi connectivity index (χ0) is 24.8. The Labute approximate surface area is 196 Å². The molecule has 0 saturated carbocycles. The molecule has 0 spiro atoms. The van der Waals surface area contributed by atoms with Crippen molar-refractivity contribution in [1.82, 2.24) is 25.7 Å². The summed E-state index contributed by atoms with van der Waals surface area (Å²) in [5, 5.41) is 13.4. The van der Waals surface area contributed by atoms with E-state index in [9.17, 15) is 22.4 Å². The quantitative estimate of drug-likeness (QED) is 0.327. The Hall–Kier alpha value is -4.09. The van der Waals surface area contributed by atoms with Crippen molar-refractivity contribution < 1.29 is 31.3 Å². The molecule has 1 N–H and O–H groups in total. The molecule has 0 fully saturated rings. The van der Waals surface area contributed by atoms with Gasteiger partial charge in [-0.3, -0.25) is 13.6 Å². The van der Waals surface area contributed by atoms with E-state index < -0.39 is 37.5 Å². The Morgan fingerprint density at radius 1 is 0.886 bits per heavy atom. The summed E-state index contributed by atoms with van der Waals surface area (Å²) in [6.45, 7) is -1.97. The predicted octanol–water partition coefficient (Wildman–Crippen LogP) is 4.49. The van der Waals surface area contributed by atoms with Gasteiger partial charge in [-0.25, -0.2) is 0 Å². The van der Waals surface area contributed by atoms with Gasteiger partial charge in [-0.2, -0.15) is 13.8 Å². The molecule has 0 saturated heterocycles. The number of carbonyl (C=O) groups excluding carboxylic acids is 1. The minimum atomic E-state index is -2.83. The molecule has 2 aromatic heterocycles. The van der Waals surface area contributed by atoms with Crippen molar-refractivity contribution in [3.8, 4) is 22.9 Å². The van der Waals surface area contributed by atoms with Gasteiger partial charge in [0.2, 0.25) is 11.8 Å². The third-order valence-corrected chi connectivity index (χ3v) is 5.07. The first-order valence-corrected chi connectivity index (χ1v) is 10.5. The molecular weight excluding hydrogens is 470 g/mol. The summed E-state index contributed by atoms with van der Waals surface area (Å²) in [5.41, 5.74) is 2.75. The molecule has 0 radical (unpaired) electrons. The first-order valence-electron chi connectivity index (χ1n) is 10.5. The van der Waals surface area contributed by atoms with Crippen LogP contribution >= 0.6 is 0 Å². The van der Waals surface area contributed by atoms with Crippen molar-refractivity contribution in [2.75, 3.05) is 13.3 Å². The second-order valence-electron chi connectivity index (χ2n) is 7.56. The van der Waals surface area contributed by atoms with Gasteiger partial charge in [-0.1, -0.05) is 29.4 Å². The first kappa shape index (κ1) is 24.0. The molecule has 2 aromatic carbocycles. The van der Waals surface area contributed by atoms with E-state index in [1.54, 1.807) is 48.5 Å². The van der Waals surface area contributed by atoms with Crippen LogP contribution in [0.4, 0.5) is 17.6 Å². The molecular formula is C23H19F4N5O3. The van der Waals surface area contributed by atoms with Gasteiger partial charge in [0.1, 0.15) is 13.3 Å². The van der Waals surface area contributed by atoms with Crippen LogP contribution in [-0.4, -0.2) is 39.6 Å². The van der Waals surface area contributed by atoms with Crippen LogP contribution in [0.1, 0.15) is 29.3 Å². The number of hydrogen-bond acceptors (Lipinski definition) is 7. The lowest BCUT2D eigenvalue weighted by Crippen LogP contribution is -2.32. The van der Waals surface area contributed by atoms with Gasteiger partial charge in [0, 0.05) is 24.1 Å².